The predicted molar refractivity (Wildman–Crippen MR) is 18.9 cm³/mol. The third kappa shape index (κ3) is 538. The normalized spacial score (nSPS) is 6.67. The first-order valence-electron chi connectivity index (χ1n) is 0.756. The van der Waals surface area contributed by atoms with E-state index in [0.717, 1.165) is 0 Å². The van der Waals surface area contributed by atoms with Gasteiger partial charge in [0.1, 0.15) is 0 Å². The molecule has 0 saturated heterocycles. The van der Waals surface area contributed by atoms with E-state index in [1.165, 1.54) is 0 Å². The van der Waals surface area contributed by atoms with Gasteiger partial charge in [-0.15, -0.1) is 0 Å². The Hall–Kier alpha value is 0.885. The van der Waals surface area contributed by atoms with Crippen LogP contribution in [0.1, 0.15) is 0 Å². The van der Waals surface area contributed by atoms with Gasteiger partial charge in [-0.2, -0.15) is 0 Å². The van der Waals surface area contributed by atoms with E-state index < -0.39 is 35.0 Å². The van der Waals surface area contributed by atoms with Crippen molar-refractivity contribution in [2.24, 2.45) is 0 Å². The van der Waals surface area contributed by atoms with E-state index in [4.69, 9.17) is 0 Å². The Kier molecular flexibility index (Phi) is 42.3. The van der Waals surface area contributed by atoms with E-state index >= 15 is 0 Å². The monoisotopic (exact) mass is 380 g/mol. The molecule has 0 aliphatic carbocycles. The topological polar surface area (TPSA) is 126 Å². The number of hydrogen-bond donors (Lipinski definition) is 0. The van der Waals surface area contributed by atoms with E-state index in [9.17, 15) is 4.46 Å². The van der Waals surface area contributed by atoms with Crippen molar-refractivity contribution in [2.75, 3.05) is 0 Å². The van der Waals surface area contributed by atoms with Crippen LogP contribution in [0.3, 0.4) is 0 Å². The summed E-state index contributed by atoms with van der Waals surface area (Å²) in [4.78, 5) is 0. The Labute approximate surface area is 61.1 Å². The second-order valence-corrected chi connectivity index (χ2v) is 3.95. The standard InChI is InChI=1S/4FH.4H2O.Th/h4*1H;4*1H2;/q;;;;;;;;+4/p-4. The Morgan fingerprint density at radius 3 is 0.556 bits per heavy atom. The van der Waals surface area contributed by atoms with Crippen molar-refractivity contribution >= 4 is 0 Å². The van der Waals surface area contributed by atoms with Crippen LogP contribution in [0.4, 0.5) is 4.46 Å². The minimum absolute atomic E-state index is 0. The zero-order chi connectivity index (χ0) is 4.50. The summed E-state index contributed by atoms with van der Waals surface area (Å²) in [6, 6.07) is 0. The van der Waals surface area contributed by atoms with Gasteiger partial charge >= 0.3 is 39.5 Å². The molecule has 9 heavy (non-hydrogen) atoms. The van der Waals surface area contributed by atoms with E-state index in [-0.39, 0.29) is 21.9 Å². The molecule has 0 unspecified atom stereocenters. The van der Waals surface area contributed by atoms with Gasteiger partial charge in [0, 0.05) is 0 Å². The molecule has 0 aliphatic heterocycles. The van der Waals surface area contributed by atoms with Crippen molar-refractivity contribution < 1.29 is 61.4 Å². The Bertz CT molecular complexity index is 28.0. The number of hydrogen-bond acceptors (Lipinski definition) is 0. The van der Waals surface area contributed by atoms with Gasteiger partial charge in [-0.1, -0.05) is 0 Å². The predicted octanol–water partition coefficient (Wildman–Crippen LogP) is -1.62. The van der Waals surface area contributed by atoms with E-state index in [1.54, 1.807) is 0 Å². The first-order valence-corrected chi connectivity index (χ1v) is 6.97. The SMILES string of the molecule is O.O.O.O.[F][Th]([F])([F])[F]. The van der Waals surface area contributed by atoms with Crippen LogP contribution in [-0.2, 0) is 0 Å². The maximum absolute atomic E-state index is 9.92. The zero-order valence-corrected chi connectivity index (χ0v) is 8.12. The van der Waals surface area contributed by atoms with Crippen molar-refractivity contribution in [3.05, 3.63) is 0 Å². The summed E-state index contributed by atoms with van der Waals surface area (Å²) in [6.45, 7) is 0. The molecule has 0 rings (SSSR count). The molecule has 0 saturated carbocycles. The van der Waals surface area contributed by atoms with E-state index in [0.29, 0.717) is 0 Å². The fourth-order valence-corrected chi connectivity index (χ4v) is 0. The molecular weight excluding hydrogens is 372 g/mol. The molecule has 4 nitrogen and oxygen atoms in total. The minimum atomic E-state index is -7.34. The van der Waals surface area contributed by atoms with Gasteiger partial charge in [0.15, 0.2) is 0 Å². The average Bonchev–Trinajstić information content (AvgIpc) is 0.722. The van der Waals surface area contributed by atoms with Crippen molar-refractivity contribution in [3.63, 3.8) is 0 Å². The molecule has 0 bridgehead atoms. The second-order valence-electron chi connectivity index (χ2n) is 0.429. The van der Waals surface area contributed by atoms with Crippen LogP contribution in [0.5, 0.6) is 0 Å². The molecule has 0 spiro atoms. The number of rotatable bonds is 0. The molecule has 0 radical (unpaired) electrons. The number of halogens is 4. The van der Waals surface area contributed by atoms with E-state index in [2.05, 4.69) is 0 Å². The molecule has 0 aromatic heterocycles. The van der Waals surface area contributed by atoms with Gasteiger partial charge in [-0.25, -0.2) is 0 Å². The molecule has 0 aliphatic rings. The molecule has 64 valence electrons. The van der Waals surface area contributed by atoms with Crippen LogP contribution in [0.25, 0.3) is 0 Å². The molecule has 8 N–H and O–H groups in total. The summed E-state index contributed by atoms with van der Waals surface area (Å²) in [5.74, 6) is 0. The zero-order valence-electron chi connectivity index (χ0n) is 4.01. The quantitative estimate of drug-likeness (QED) is 0.448. The Balaban J connectivity index is -0.0000000133. The van der Waals surface area contributed by atoms with E-state index in [1.807, 2.05) is 0 Å². The van der Waals surface area contributed by atoms with Crippen LogP contribution in [0, 0.1) is 35.0 Å². The summed E-state index contributed by atoms with van der Waals surface area (Å²) < 4.78 is 39.7. The third-order valence-corrected chi connectivity index (χ3v) is 0. The van der Waals surface area contributed by atoms with Crippen LogP contribution in [-0.4, -0.2) is 21.9 Å². The van der Waals surface area contributed by atoms with Crippen LogP contribution in [0.15, 0.2) is 0 Å². The molecule has 0 aromatic rings. The molecule has 0 heterocycles. The molecule has 0 fully saturated rings. The fourth-order valence-electron chi connectivity index (χ4n) is 0. The van der Waals surface area contributed by atoms with Gasteiger partial charge in [-0.05, 0) is 0 Å². The first kappa shape index (κ1) is 32.7. The fraction of sp³-hybridized carbons (Fsp3) is 0. The molecule has 0 amide bonds. The molecular formula is H8F4O4Th. The molecule has 0 atom stereocenters. The molecule has 0 aromatic carbocycles. The van der Waals surface area contributed by atoms with Crippen LogP contribution < -0.4 is 0 Å². The van der Waals surface area contributed by atoms with Gasteiger partial charge in [0.05, 0.1) is 0 Å². The van der Waals surface area contributed by atoms with Crippen molar-refractivity contribution in [1.82, 2.24) is 0 Å². The van der Waals surface area contributed by atoms with Crippen molar-refractivity contribution in [3.8, 4) is 0 Å². The maximum atomic E-state index is 9.92. The van der Waals surface area contributed by atoms with Crippen molar-refractivity contribution in [2.45, 2.75) is 0 Å². The first-order chi connectivity index (χ1) is 2.00. The van der Waals surface area contributed by atoms with Gasteiger partial charge < -0.3 is 21.9 Å². The summed E-state index contributed by atoms with van der Waals surface area (Å²) in [5, 5.41) is 0. The molecule has 9 heteroatoms. The summed E-state index contributed by atoms with van der Waals surface area (Å²) >= 11 is -7.34. The average molecular weight is 380 g/mol. The van der Waals surface area contributed by atoms with Gasteiger partial charge in [0.2, 0.25) is 0 Å². The summed E-state index contributed by atoms with van der Waals surface area (Å²) in [6.07, 6.45) is 0. The Morgan fingerprint density at radius 1 is 0.556 bits per heavy atom. The van der Waals surface area contributed by atoms with Crippen LogP contribution in [0.2, 0.25) is 0 Å². The summed E-state index contributed by atoms with van der Waals surface area (Å²) in [5.41, 5.74) is 0. The summed E-state index contributed by atoms with van der Waals surface area (Å²) in [7, 11) is 0. The third-order valence-electron chi connectivity index (χ3n) is 0. The van der Waals surface area contributed by atoms with Gasteiger partial charge in [-0.3, -0.25) is 0 Å². The second kappa shape index (κ2) is 11.7. The van der Waals surface area contributed by atoms with Gasteiger partial charge in [0.25, 0.3) is 0 Å². The van der Waals surface area contributed by atoms with Crippen LogP contribution >= 0.6 is 0 Å². The van der Waals surface area contributed by atoms with Crippen molar-refractivity contribution in [1.29, 1.82) is 0 Å². The Morgan fingerprint density at radius 2 is 0.556 bits per heavy atom.